The van der Waals surface area contributed by atoms with Crippen LogP contribution in [0.3, 0.4) is 0 Å². The van der Waals surface area contributed by atoms with Gasteiger partial charge in [0.05, 0.1) is 23.0 Å². The lowest BCUT2D eigenvalue weighted by molar-refractivity contribution is -0.122. The molecule has 2 saturated carbocycles. The van der Waals surface area contributed by atoms with Gasteiger partial charge in [-0.3, -0.25) is 9.36 Å². The van der Waals surface area contributed by atoms with Crippen LogP contribution in [0, 0.1) is 11.7 Å². The number of nitrogens with two attached hydrogens (primary N) is 1. The Labute approximate surface area is 217 Å². The van der Waals surface area contributed by atoms with Crippen molar-refractivity contribution < 1.29 is 14.3 Å². The average Bonchev–Trinajstić information content (AvgIpc) is 3.18. The predicted octanol–water partition coefficient (Wildman–Crippen LogP) is 4.95. The van der Waals surface area contributed by atoms with Crippen molar-refractivity contribution in [3.63, 3.8) is 0 Å². The zero-order valence-electron chi connectivity index (χ0n) is 19.6. The van der Waals surface area contributed by atoms with Crippen LogP contribution in [-0.2, 0) is 4.79 Å². The number of carbonyl (C=O) groups is 1. The summed E-state index contributed by atoms with van der Waals surface area (Å²) in [6.45, 7) is 0. The molecule has 1 amide bonds. The van der Waals surface area contributed by atoms with E-state index in [1.165, 1.54) is 12.1 Å². The van der Waals surface area contributed by atoms with E-state index >= 15 is 0 Å². The molecule has 0 radical (unpaired) electrons. The number of halogens is 3. The van der Waals surface area contributed by atoms with Gasteiger partial charge < -0.3 is 21.5 Å². The number of benzene rings is 1. The maximum atomic E-state index is 14.7. The Balaban J connectivity index is 1.51. The van der Waals surface area contributed by atoms with Gasteiger partial charge >= 0.3 is 0 Å². The van der Waals surface area contributed by atoms with Crippen molar-refractivity contribution in [2.45, 2.75) is 69.6 Å². The zero-order chi connectivity index (χ0) is 25.4. The second-order valence-corrected chi connectivity index (χ2v) is 10.5. The highest BCUT2D eigenvalue weighted by Gasteiger charge is 2.30. The van der Waals surface area contributed by atoms with Gasteiger partial charge in [-0.1, -0.05) is 23.2 Å². The van der Waals surface area contributed by atoms with Gasteiger partial charge in [0.15, 0.2) is 5.65 Å². The zero-order valence-corrected chi connectivity index (χ0v) is 21.1. The molecule has 1 aromatic carbocycles. The maximum Gasteiger partial charge on any atom is 0.224 e. The van der Waals surface area contributed by atoms with E-state index in [9.17, 15) is 14.3 Å². The van der Waals surface area contributed by atoms with Gasteiger partial charge in [0.2, 0.25) is 17.8 Å². The minimum absolute atomic E-state index is 0.0403. The first kappa shape index (κ1) is 25.0. The number of nitrogens with zero attached hydrogens (tertiary/aromatic N) is 4. The second-order valence-electron chi connectivity index (χ2n) is 9.65. The molecule has 5 rings (SSSR count). The van der Waals surface area contributed by atoms with E-state index in [0.717, 1.165) is 19.3 Å². The molecule has 0 aliphatic heterocycles. The molecule has 2 heterocycles. The van der Waals surface area contributed by atoms with Crippen molar-refractivity contribution in [2.24, 2.45) is 11.7 Å². The molecule has 9 nitrogen and oxygen atoms in total. The SMILES string of the molecule is NC(=O)[C@H]1CC[C@H](n2c(Nc3c(F)cc(Cl)cc3Cl)nc3cnc(N[C@H]4CCC[C@H](O)C4)nc32)CC1. The van der Waals surface area contributed by atoms with E-state index < -0.39 is 5.82 Å². The third-order valence-electron chi connectivity index (χ3n) is 7.12. The number of amides is 1. The molecule has 2 aliphatic carbocycles. The van der Waals surface area contributed by atoms with Crippen LogP contribution in [0.4, 0.5) is 22.0 Å². The number of aromatic nitrogens is 4. The second kappa shape index (κ2) is 10.4. The fourth-order valence-electron chi connectivity index (χ4n) is 5.26. The Morgan fingerprint density at radius 2 is 1.92 bits per heavy atom. The maximum absolute atomic E-state index is 14.7. The van der Waals surface area contributed by atoms with Gasteiger partial charge in [0.1, 0.15) is 11.3 Å². The van der Waals surface area contributed by atoms with E-state index in [4.69, 9.17) is 33.9 Å². The topological polar surface area (TPSA) is 131 Å². The molecular formula is C24H28Cl2FN7O2. The van der Waals surface area contributed by atoms with Crippen molar-refractivity contribution in [1.82, 2.24) is 19.5 Å². The van der Waals surface area contributed by atoms with E-state index in [1.54, 1.807) is 6.20 Å². The molecule has 2 aliphatic rings. The number of aliphatic hydroxyl groups is 1. The molecule has 2 atom stereocenters. The number of nitrogens with one attached hydrogen (secondary N) is 2. The van der Waals surface area contributed by atoms with Gasteiger partial charge in [-0.2, -0.15) is 4.98 Å². The van der Waals surface area contributed by atoms with Crippen LogP contribution in [-0.4, -0.2) is 42.7 Å². The molecule has 2 fully saturated rings. The van der Waals surface area contributed by atoms with Crippen molar-refractivity contribution in [3.8, 4) is 0 Å². The predicted molar refractivity (Wildman–Crippen MR) is 137 cm³/mol. The summed E-state index contributed by atoms with van der Waals surface area (Å²) in [5, 5.41) is 16.7. The van der Waals surface area contributed by atoms with E-state index in [0.29, 0.717) is 55.2 Å². The highest BCUT2D eigenvalue weighted by Crippen LogP contribution is 2.38. The first-order valence-corrected chi connectivity index (χ1v) is 12.9. The molecule has 36 heavy (non-hydrogen) atoms. The van der Waals surface area contributed by atoms with Crippen LogP contribution in [0.15, 0.2) is 18.3 Å². The highest BCUT2D eigenvalue weighted by atomic mass is 35.5. The summed E-state index contributed by atoms with van der Waals surface area (Å²) < 4.78 is 16.7. The van der Waals surface area contributed by atoms with Crippen molar-refractivity contribution in [3.05, 3.63) is 34.2 Å². The lowest BCUT2D eigenvalue weighted by Crippen LogP contribution is -2.30. The number of imidazole rings is 1. The van der Waals surface area contributed by atoms with Crippen LogP contribution in [0.2, 0.25) is 10.0 Å². The third-order valence-corrected chi connectivity index (χ3v) is 7.64. The standard InChI is InChI=1S/C24H28Cl2FN7O2/c25-13-8-17(26)20(18(27)9-13)32-24-31-19-11-29-23(30-14-2-1-3-16(35)10-14)33-22(19)34(24)15-6-4-12(5-7-15)21(28)36/h8-9,11-12,14-16,35H,1-7,10H2,(H2,28,36)(H,31,32)(H,29,30,33)/t12-,14-,15-,16-/m0/s1. The van der Waals surface area contributed by atoms with Crippen molar-refractivity contribution >= 4 is 57.9 Å². The number of hydrogen-bond donors (Lipinski definition) is 4. The number of hydrogen-bond acceptors (Lipinski definition) is 7. The molecule has 5 N–H and O–H groups in total. The Morgan fingerprint density at radius 3 is 2.61 bits per heavy atom. The quantitative estimate of drug-likeness (QED) is 0.351. The molecule has 192 valence electrons. The molecule has 0 unspecified atom stereocenters. The Hall–Kier alpha value is -2.69. The molecule has 2 aromatic heterocycles. The summed E-state index contributed by atoms with van der Waals surface area (Å²) >= 11 is 12.2. The van der Waals surface area contributed by atoms with Crippen LogP contribution in [0.5, 0.6) is 0 Å². The number of rotatable bonds is 6. The first-order chi connectivity index (χ1) is 17.3. The minimum atomic E-state index is -0.604. The number of anilines is 3. The lowest BCUT2D eigenvalue weighted by atomic mass is 9.85. The number of fused-ring (bicyclic) bond motifs is 1. The highest BCUT2D eigenvalue weighted by molar-refractivity contribution is 6.36. The van der Waals surface area contributed by atoms with Gasteiger partial charge in [-0.15, -0.1) is 0 Å². The van der Waals surface area contributed by atoms with Crippen LogP contribution < -0.4 is 16.4 Å². The number of primary amides is 1. The third kappa shape index (κ3) is 5.21. The Morgan fingerprint density at radius 1 is 1.14 bits per heavy atom. The minimum Gasteiger partial charge on any atom is -0.393 e. The molecule has 12 heteroatoms. The fraction of sp³-hybridized carbons (Fsp3) is 0.500. The number of aliphatic hydroxyl groups excluding tert-OH is 1. The summed E-state index contributed by atoms with van der Waals surface area (Å²) in [7, 11) is 0. The smallest absolute Gasteiger partial charge is 0.224 e. The van der Waals surface area contributed by atoms with Crippen LogP contribution in [0.25, 0.3) is 11.2 Å². The lowest BCUT2D eigenvalue weighted by Gasteiger charge is -2.29. The molecule has 0 bridgehead atoms. The van der Waals surface area contributed by atoms with Gasteiger partial charge in [-0.25, -0.2) is 14.4 Å². The monoisotopic (exact) mass is 535 g/mol. The summed E-state index contributed by atoms with van der Waals surface area (Å²) in [4.78, 5) is 25.5. The summed E-state index contributed by atoms with van der Waals surface area (Å²) in [6, 6.07) is 2.68. The van der Waals surface area contributed by atoms with Crippen molar-refractivity contribution in [2.75, 3.05) is 10.6 Å². The van der Waals surface area contributed by atoms with E-state index in [-0.39, 0.29) is 45.7 Å². The number of carbonyl (C=O) groups excluding carboxylic acids is 1. The van der Waals surface area contributed by atoms with Crippen molar-refractivity contribution in [1.29, 1.82) is 0 Å². The largest absolute Gasteiger partial charge is 0.393 e. The van der Waals surface area contributed by atoms with Crippen LogP contribution in [0.1, 0.15) is 57.4 Å². The van der Waals surface area contributed by atoms with E-state index in [2.05, 4.69) is 20.6 Å². The molecular weight excluding hydrogens is 508 g/mol. The van der Waals surface area contributed by atoms with Gasteiger partial charge in [0.25, 0.3) is 0 Å². The first-order valence-electron chi connectivity index (χ1n) is 12.2. The summed E-state index contributed by atoms with van der Waals surface area (Å²) in [6.07, 6.45) is 7.26. The Bertz CT molecular complexity index is 1260. The van der Waals surface area contributed by atoms with Gasteiger partial charge in [0, 0.05) is 23.0 Å². The molecule has 0 saturated heterocycles. The normalized spacial score (nSPS) is 24.6. The van der Waals surface area contributed by atoms with E-state index in [1.807, 2.05) is 4.57 Å². The van der Waals surface area contributed by atoms with Gasteiger partial charge in [-0.05, 0) is 63.5 Å². The summed E-state index contributed by atoms with van der Waals surface area (Å²) in [5.74, 6) is -0.250. The molecule has 3 aromatic rings. The average molecular weight is 536 g/mol. The van der Waals surface area contributed by atoms with Crippen LogP contribution >= 0.6 is 23.2 Å². The molecule has 0 spiro atoms. The summed E-state index contributed by atoms with van der Waals surface area (Å²) in [5.41, 5.74) is 6.71. The fourth-order valence-corrected chi connectivity index (χ4v) is 5.78. The Kier molecular flexibility index (Phi) is 7.18.